The summed E-state index contributed by atoms with van der Waals surface area (Å²) in [6, 6.07) is 0. The number of unbranched alkanes of at least 4 members (excludes halogenated alkanes) is 20. The van der Waals surface area contributed by atoms with Crippen LogP contribution in [-0.4, -0.2) is 65.7 Å². The number of aliphatic hydroxyl groups is 2. The summed E-state index contributed by atoms with van der Waals surface area (Å²) in [7, 11) is -4.62. The second kappa shape index (κ2) is 40.1. The molecule has 0 saturated carbocycles. The van der Waals surface area contributed by atoms with E-state index in [0.717, 1.165) is 64.2 Å². The average Bonchev–Trinajstić information content (AvgIpc) is 3.17. The largest absolute Gasteiger partial charge is 0.472 e. The molecule has 0 spiro atoms. The number of hydrogen-bond acceptors (Lipinski definition) is 9. The van der Waals surface area contributed by atoms with Gasteiger partial charge in [-0.2, -0.15) is 0 Å². The lowest BCUT2D eigenvalue weighted by molar-refractivity contribution is -0.161. The van der Waals surface area contributed by atoms with Crippen molar-refractivity contribution in [2.24, 2.45) is 0 Å². The van der Waals surface area contributed by atoms with E-state index in [9.17, 15) is 24.2 Å². The molecule has 0 heterocycles. The van der Waals surface area contributed by atoms with Gasteiger partial charge < -0.3 is 24.6 Å². The predicted octanol–water partition coefficient (Wildman–Crippen LogP) is 11.3. The predicted molar refractivity (Wildman–Crippen MR) is 224 cm³/mol. The fraction of sp³-hybridized carbons (Fsp3) is 0.773. The van der Waals surface area contributed by atoms with E-state index in [1.54, 1.807) is 0 Å². The molecule has 10 nitrogen and oxygen atoms in total. The number of aliphatic hydroxyl groups excluding tert-OH is 2. The van der Waals surface area contributed by atoms with E-state index in [1.807, 2.05) is 6.08 Å². The molecule has 0 amide bonds. The Balaban J connectivity index is 4.32. The first-order chi connectivity index (χ1) is 26.7. The lowest BCUT2D eigenvalue weighted by Gasteiger charge is -2.20. The fourth-order valence-corrected chi connectivity index (χ4v) is 6.53. The van der Waals surface area contributed by atoms with E-state index in [0.29, 0.717) is 12.8 Å². The van der Waals surface area contributed by atoms with Crippen molar-refractivity contribution in [1.29, 1.82) is 0 Å². The number of rotatable bonds is 41. The first-order valence-corrected chi connectivity index (χ1v) is 23.0. The van der Waals surface area contributed by atoms with Crippen molar-refractivity contribution in [3.63, 3.8) is 0 Å². The van der Waals surface area contributed by atoms with E-state index < -0.39 is 51.8 Å². The van der Waals surface area contributed by atoms with Gasteiger partial charge in [-0.05, 0) is 64.2 Å². The van der Waals surface area contributed by atoms with Crippen LogP contribution in [0.1, 0.15) is 180 Å². The first-order valence-electron chi connectivity index (χ1n) is 21.6. The average molecular weight is 799 g/mol. The van der Waals surface area contributed by atoms with Gasteiger partial charge in [0.2, 0.25) is 0 Å². The highest BCUT2D eigenvalue weighted by Gasteiger charge is 2.27. The van der Waals surface area contributed by atoms with Crippen molar-refractivity contribution >= 4 is 19.8 Å². The third kappa shape index (κ3) is 39.9. The molecule has 0 aromatic rings. The van der Waals surface area contributed by atoms with Gasteiger partial charge in [0, 0.05) is 12.8 Å². The SMILES string of the molecule is C=CCCCCCCCCCCCCCCCC(=O)O[C@H](COC(=O)CCCCCC/C=C/C/C=C/C/C=C/CCCCC)COP(=O)(O)OC[C@@H](O)CO. The van der Waals surface area contributed by atoms with Crippen LogP contribution in [0, 0.1) is 0 Å². The van der Waals surface area contributed by atoms with Crippen molar-refractivity contribution < 1.29 is 47.8 Å². The van der Waals surface area contributed by atoms with Gasteiger partial charge in [-0.25, -0.2) is 4.57 Å². The third-order valence-electron chi connectivity index (χ3n) is 9.10. The number of phosphoric acid groups is 1. The Morgan fingerprint density at radius 1 is 0.600 bits per heavy atom. The lowest BCUT2D eigenvalue weighted by Crippen LogP contribution is -2.29. The number of ether oxygens (including phenoxy) is 2. The molecular weight excluding hydrogens is 719 g/mol. The van der Waals surface area contributed by atoms with E-state index in [4.69, 9.17) is 19.1 Å². The quantitative estimate of drug-likeness (QED) is 0.0236. The molecule has 0 saturated heterocycles. The lowest BCUT2D eigenvalue weighted by atomic mass is 10.0. The second-order valence-electron chi connectivity index (χ2n) is 14.4. The highest BCUT2D eigenvalue weighted by atomic mass is 31.2. The van der Waals surface area contributed by atoms with Crippen molar-refractivity contribution in [3.8, 4) is 0 Å². The maximum absolute atomic E-state index is 12.6. The second-order valence-corrected chi connectivity index (χ2v) is 15.9. The van der Waals surface area contributed by atoms with Crippen LogP contribution in [0.5, 0.6) is 0 Å². The Hall–Kier alpha value is -2.07. The number of hydrogen-bond donors (Lipinski definition) is 3. The van der Waals surface area contributed by atoms with Gasteiger partial charge in [-0.1, -0.05) is 146 Å². The molecule has 3 atom stereocenters. The van der Waals surface area contributed by atoms with Crippen LogP contribution >= 0.6 is 7.82 Å². The number of carbonyl (C=O) groups excluding carboxylic acids is 2. The summed E-state index contributed by atoms with van der Waals surface area (Å²) in [6.07, 6.45) is 41.1. The Bertz CT molecular complexity index is 1040. The molecule has 11 heteroatoms. The topological polar surface area (TPSA) is 149 Å². The zero-order valence-electron chi connectivity index (χ0n) is 34.5. The molecule has 1 unspecified atom stereocenters. The molecular formula is C44H79O10P. The molecule has 3 N–H and O–H groups in total. The summed E-state index contributed by atoms with van der Waals surface area (Å²) in [6.45, 7) is 3.85. The molecule has 0 aliphatic heterocycles. The normalized spacial score (nSPS) is 14.1. The smallest absolute Gasteiger partial charge is 0.462 e. The maximum Gasteiger partial charge on any atom is 0.472 e. The molecule has 0 radical (unpaired) electrons. The number of carbonyl (C=O) groups is 2. The number of esters is 2. The van der Waals surface area contributed by atoms with Gasteiger partial charge in [-0.3, -0.25) is 18.6 Å². The van der Waals surface area contributed by atoms with Crippen molar-refractivity contribution in [2.45, 2.75) is 192 Å². The molecule has 320 valence electrons. The van der Waals surface area contributed by atoms with Gasteiger partial charge in [-0.15, -0.1) is 6.58 Å². The van der Waals surface area contributed by atoms with Crippen molar-refractivity contribution in [3.05, 3.63) is 49.1 Å². The van der Waals surface area contributed by atoms with E-state index >= 15 is 0 Å². The minimum absolute atomic E-state index is 0.177. The molecule has 0 aromatic heterocycles. The standard InChI is InChI=1S/C44H79O10P/c1-3-5-7-9-11-13-15-17-19-20-22-23-25-27-29-31-33-35-43(47)51-39-42(40-53-55(49,50)52-38-41(46)37-45)54-44(48)36-34-32-30-28-26-24-21-18-16-14-12-10-8-6-4-2/h4,11,13,17,19,22-23,41-42,45-46H,2-3,5-10,12,14-16,18,20-21,24-40H2,1H3,(H,49,50)/b13-11+,19-17+,23-22+/t41-,42+/m0/s1. The zero-order valence-corrected chi connectivity index (χ0v) is 35.4. The summed E-state index contributed by atoms with van der Waals surface area (Å²) >= 11 is 0. The Morgan fingerprint density at radius 2 is 1.04 bits per heavy atom. The monoisotopic (exact) mass is 799 g/mol. The van der Waals surface area contributed by atoms with Gasteiger partial charge >= 0.3 is 19.8 Å². The number of phosphoric ester groups is 1. The molecule has 0 aliphatic carbocycles. The summed E-state index contributed by atoms with van der Waals surface area (Å²) in [5, 5.41) is 18.3. The Labute approximate surface area is 334 Å². The van der Waals surface area contributed by atoms with Gasteiger partial charge in [0.1, 0.15) is 12.7 Å². The van der Waals surface area contributed by atoms with Crippen LogP contribution in [0.4, 0.5) is 0 Å². The maximum atomic E-state index is 12.6. The zero-order chi connectivity index (χ0) is 40.5. The van der Waals surface area contributed by atoms with Crippen molar-refractivity contribution in [2.75, 3.05) is 26.4 Å². The summed E-state index contributed by atoms with van der Waals surface area (Å²) in [4.78, 5) is 35.0. The molecule has 0 aliphatic rings. The van der Waals surface area contributed by atoms with Gasteiger partial charge in [0.25, 0.3) is 0 Å². The first kappa shape index (κ1) is 52.9. The molecule has 0 bridgehead atoms. The Morgan fingerprint density at radius 3 is 1.55 bits per heavy atom. The molecule has 0 rings (SSSR count). The van der Waals surface area contributed by atoms with E-state index in [-0.39, 0.29) is 19.4 Å². The van der Waals surface area contributed by atoms with Crippen LogP contribution in [0.3, 0.4) is 0 Å². The minimum atomic E-state index is -4.62. The highest BCUT2D eigenvalue weighted by Crippen LogP contribution is 2.43. The fourth-order valence-electron chi connectivity index (χ4n) is 5.74. The summed E-state index contributed by atoms with van der Waals surface area (Å²) in [5.41, 5.74) is 0. The van der Waals surface area contributed by atoms with E-state index in [2.05, 4.69) is 54.5 Å². The van der Waals surface area contributed by atoms with Crippen LogP contribution in [0.2, 0.25) is 0 Å². The summed E-state index contributed by atoms with van der Waals surface area (Å²) in [5.74, 6) is -0.953. The van der Waals surface area contributed by atoms with Crippen LogP contribution in [0.15, 0.2) is 49.1 Å². The van der Waals surface area contributed by atoms with Crippen LogP contribution in [0.25, 0.3) is 0 Å². The molecule has 55 heavy (non-hydrogen) atoms. The Kier molecular flexibility index (Phi) is 38.6. The summed E-state index contributed by atoms with van der Waals surface area (Å²) < 4.78 is 32.7. The van der Waals surface area contributed by atoms with Crippen LogP contribution in [-0.2, 0) is 32.7 Å². The number of allylic oxidation sites excluding steroid dienone is 7. The van der Waals surface area contributed by atoms with E-state index in [1.165, 1.54) is 83.5 Å². The minimum Gasteiger partial charge on any atom is -0.462 e. The molecule has 0 fully saturated rings. The van der Waals surface area contributed by atoms with Crippen LogP contribution < -0.4 is 0 Å². The van der Waals surface area contributed by atoms with Crippen molar-refractivity contribution in [1.82, 2.24) is 0 Å². The third-order valence-corrected chi connectivity index (χ3v) is 10.1. The highest BCUT2D eigenvalue weighted by molar-refractivity contribution is 7.47. The van der Waals surface area contributed by atoms with Gasteiger partial charge in [0.05, 0.1) is 19.8 Å². The van der Waals surface area contributed by atoms with Gasteiger partial charge in [0.15, 0.2) is 6.10 Å². The molecule has 0 aromatic carbocycles.